The molecule has 10 heteroatoms. The zero-order valence-corrected chi connectivity index (χ0v) is 18.0. The van der Waals surface area contributed by atoms with Crippen LogP contribution in [0.3, 0.4) is 0 Å². The molecular weight excluding hydrogens is 430 g/mol. The van der Waals surface area contributed by atoms with Gasteiger partial charge in [-0.15, -0.1) is 0 Å². The van der Waals surface area contributed by atoms with Crippen molar-refractivity contribution >= 4 is 39.8 Å². The molecule has 3 N–H and O–H groups in total. The molecule has 0 saturated carbocycles. The van der Waals surface area contributed by atoms with Gasteiger partial charge in [0.2, 0.25) is 0 Å². The standard InChI is InChI=1S/C22H19N5O2.O2S/c1-13-9-16(12-24-11-13)18-10-15-7-8-25-22(29)19(15)20(27-18)26-17-5-3-14(4-6-17)21(28)23-2;1-3-2/h3-12H,1-2H3,(H,23,28)(H,25,29)(H,26,27);. The number of hydrogen-bond donors (Lipinski definition) is 3. The number of aryl methyl sites for hydroxylation is 1. The second kappa shape index (κ2) is 10.2. The number of aromatic amines is 1. The predicted octanol–water partition coefficient (Wildman–Crippen LogP) is 2.73. The number of pyridine rings is 3. The molecule has 3 aromatic heterocycles. The van der Waals surface area contributed by atoms with Crippen molar-refractivity contribution < 1.29 is 13.2 Å². The monoisotopic (exact) mass is 449 g/mol. The van der Waals surface area contributed by atoms with E-state index in [4.69, 9.17) is 13.4 Å². The number of aromatic nitrogens is 3. The highest BCUT2D eigenvalue weighted by Crippen LogP contribution is 2.28. The first kappa shape index (κ1) is 22.5. The molecule has 0 saturated heterocycles. The quantitative estimate of drug-likeness (QED) is 0.436. The maximum Gasteiger partial charge on any atom is 0.335 e. The molecule has 4 rings (SSSR count). The summed E-state index contributed by atoms with van der Waals surface area (Å²) >= 11 is -0.750. The Morgan fingerprint density at radius 1 is 1.06 bits per heavy atom. The number of fused-ring (bicyclic) bond motifs is 1. The third-order valence-electron chi connectivity index (χ3n) is 4.56. The number of hydrogen-bond acceptors (Lipinski definition) is 7. The number of benzene rings is 1. The summed E-state index contributed by atoms with van der Waals surface area (Å²) in [6.07, 6.45) is 5.14. The van der Waals surface area contributed by atoms with E-state index >= 15 is 0 Å². The summed E-state index contributed by atoms with van der Waals surface area (Å²) in [5.41, 5.74) is 3.64. The van der Waals surface area contributed by atoms with E-state index in [9.17, 15) is 9.59 Å². The van der Waals surface area contributed by atoms with Crippen molar-refractivity contribution in [1.82, 2.24) is 20.3 Å². The summed E-state index contributed by atoms with van der Waals surface area (Å²) < 4.78 is 16.6. The van der Waals surface area contributed by atoms with Crippen molar-refractivity contribution in [1.29, 1.82) is 0 Å². The molecule has 0 aliphatic carbocycles. The van der Waals surface area contributed by atoms with Gasteiger partial charge in [-0.3, -0.25) is 14.6 Å². The van der Waals surface area contributed by atoms with Crippen LogP contribution in [-0.2, 0) is 11.6 Å². The van der Waals surface area contributed by atoms with Crippen LogP contribution in [0.15, 0.2) is 65.8 Å². The fraction of sp³-hybridized carbons (Fsp3) is 0.0909. The normalized spacial score (nSPS) is 10.1. The van der Waals surface area contributed by atoms with Gasteiger partial charge in [-0.25, -0.2) is 4.98 Å². The number of carbonyl (C=O) groups is 1. The summed E-state index contributed by atoms with van der Waals surface area (Å²) in [5.74, 6) is 0.277. The highest BCUT2D eigenvalue weighted by atomic mass is 32.1. The predicted molar refractivity (Wildman–Crippen MR) is 122 cm³/mol. The van der Waals surface area contributed by atoms with E-state index in [1.165, 1.54) is 0 Å². The lowest BCUT2D eigenvalue weighted by Gasteiger charge is -2.12. The molecule has 9 nitrogen and oxygen atoms in total. The van der Waals surface area contributed by atoms with Crippen LogP contribution >= 0.6 is 0 Å². The second-order valence-corrected chi connectivity index (χ2v) is 6.86. The van der Waals surface area contributed by atoms with Crippen LogP contribution in [0.2, 0.25) is 0 Å². The third-order valence-corrected chi connectivity index (χ3v) is 4.56. The Balaban J connectivity index is 0.000000913. The van der Waals surface area contributed by atoms with Crippen molar-refractivity contribution in [3.63, 3.8) is 0 Å². The first-order valence-electron chi connectivity index (χ1n) is 9.42. The number of nitrogens with zero attached hydrogens (tertiary/aromatic N) is 2. The first-order valence-corrected chi connectivity index (χ1v) is 10.1. The van der Waals surface area contributed by atoms with Gasteiger partial charge in [-0.1, -0.05) is 0 Å². The van der Waals surface area contributed by atoms with E-state index in [2.05, 4.69) is 20.6 Å². The Kier molecular flexibility index (Phi) is 7.19. The van der Waals surface area contributed by atoms with Crippen molar-refractivity contribution in [2.45, 2.75) is 6.92 Å². The average Bonchev–Trinajstić information content (AvgIpc) is 2.79. The number of carbonyl (C=O) groups excluding carboxylic acids is 1. The smallest absolute Gasteiger partial charge is 0.335 e. The van der Waals surface area contributed by atoms with Gasteiger partial charge in [0.25, 0.3) is 11.5 Å². The minimum absolute atomic E-state index is 0.162. The highest BCUT2D eigenvalue weighted by Gasteiger charge is 2.12. The Morgan fingerprint density at radius 2 is 1.78 bits per heavy atom. The molecule has 0 aliphatic heterocycles. The summed E-state index contributed by atoms with van der Waals surface area (Å²) in [4.78, 5) is 35.8. The summed E-state index contributed by atoms with van der Waals surface area (Å²) in [6, 6.07) is 12.7. The summed E-state index contributed by atoms with van der Waals surface area (Å²) in [5, 5.41) is 7.04. The van der Waals surface area contributed by atoms with Crippen LogP contribution in [0.4, 0.5) is 11.5 Å². The van der Waals surface area contributed by atoms with Crippen LogP contribution in [0.5, 0.6) is 0 Å². The maximum atomic E-state index is 12.5. The van der Waals surface area contributed by atoms with Gasteiger partial charge >= 0.3 is 11.6 Å². The largest absolute Gasteiger partial charge is 0.355 e. The minimum atomic E-state index is -0.750. The first-order chi connectivity index (χ1) is 15.5. The number of anilines is 2. The molecule has 0 bridgehead atoms. The van der Waals surface area contributed by atoms with Crippen molar-refractivity contribution in [2.24, 2.45) is 0 Å². The lowest BCUT2D eigenvalue weighted by molar-refractivity contribution is 0.0963. The van der Waals surface area contributed by atoms with E-state index in [1.807, 2.05) is 25.1 Å². The van der Waals surface area contributed by atoms with Crippen LogP contribution < -0.4 is 16.2 Å². The third kappa shape index (κ3) is 5.10. The Labute approximate surface area is 186 Å². The zero-order valence-electron chi connectivity index (χ0n) is 17.2. The number of H-pyrrole nitrogens is 1. The van der Waals surface area contributed by atoms with Gasteiger partial charge in [0.15, 0.2) is 0 Å². The van der Waals surface area contributed by atoms with Crippen molar-refractivity contribution in [2.75, 3.05) is 12.4 Å². The van der Waals surface area contributed by atoms with Crippen LogP contribution in [0, 0.1) is 6.92 Å². The molecule has 3 heterocycles. The summed E-state index contributed by atoms with van der Waals surface area (Å²) in [7, 11) is 1.59. The van der Waals surface area contributed by atoms with E-state index in [1.54, 1.807) is 49.9 Å². The molecular formula is C22H19N5O4S. The highest BCUT2D eigenvalue weighted by molar-refractivity contribution is 7.51. The molecule has 1 amide bonds. The number of amides is 1. The van der Waals surface area contributed by atoms with Crippen molar-refractivity contribution in [3.8, 4) is 11.3 Å². The van der Waals surface area contributed by atoms with Gasteiger partial charge in [0.05, 0.1) is 11.1 Å². The van der Waals surface area contributed by atoms with Crippen LogP contribution in [0.1, 0.15) is 15.9 Å². The second-order valence-electron chi connectivity index (χ2n) is 6.73. The van der Waals surface area contributed by atoms with Crippen LogP contribution in [-0.4, -0.2) is 36.3 Å². The molecule has 0 spiro atoms. The van der Waals surface area contributed by atoms with E-state index in [0.717, 1.165) is 16.5 Å². The summed E-state index contributed by atoms with van der Waals surface area (Å²) in [6.45, 7) is 1.97. The fourth-order valence-electron chi connectivity index (χ4n) is 3.13. The fourth-order valence-corrected chi connectivity index (χ4v) is 3.13. The molecule has 1 aromatic carbocycles. The number of nitrogens with one attached hydrogen (secondary N) is 3. The molecule has 0 atom stereocenters. The van der Waals surface area contributed by atoms with E-state index in [-0.39, 0.29) is 11.5 Å². The number of rotatable bonds is 4. The van der Waals surface area contributed by atoms with Gasteiger partial charge < -0.3 is 15.6 Å². The Morgan fingerprint density at radius 3 is 2.44 bits per heavy atom. The Bertz CT molecular complexity index is 1360. The zero-order chi connectivity index (χ0) is 23.1. The SMILES string of the molecule is CNC(=O)c1ccc(Nc2nc(-c3cncc(C)c3)cc3cc[nH]c(=O)c23)cc1.O=S=O. The Hall–Kier alpha value is -4.18. The molecule has 32 heavy (non-hydrogen) atoms. The molecule has 0 unspecified atom stereocenters. The van der Waals surface area contributed by atoms with E-state index < -0.39 is 11.6 Å². The van der Waals surface area contributed by atoms with Gasteiger partial charge in [0, 0.05) is 42.5 Å². The molecule has 4 aromatic rings. The topological polar surface area (TPSA) is 134 Å². The van der Waals surface area contributed by atoms with Crippen LogP contribution in [0.25, 0.3) is 22.0 Å². The molecule has 0 radical (unpaired) electrons. The maximum absolute atomic E-state index is 12.5. The van der Waals surface area contributed by atoms with Gasteiger partial charge in [-0.05, 0) is 60.3 Å². The molecule has 0 fully saturated rings. The lowest BCUT2D eigenvalue weighted by Crippen LogP contribution is -2.17. The minimum Gasteiger partial charge on any atom is -0.355 e. The lowest BCUT2D eigenvalue weighted by atomic mass is 10.1. The van der Waals surface area contributed by atoms with Gasteiger partial charge in [0.1, 0.15) is 5.82 Å². The molecule has 0 aliphatic rings. The van der Waals surface area contributed by atoms with E-state index in [0.29, 0.717) is 28.1 Å². The average molecular weight is 449 g/mol. The van der Waals surface area contributed by atoms with Gasteiger partial charge in [-0.2, -0.15) is 8.42 Å². The molecule has 162 valence electrons. The van der Waals surface area contributed by atoms with Crippen molar-refractivity contribution in [3.05, 3.63) is 82.5 Å².